The topological polar surface area (TPSA) is 59.4 Å². The number of halogens is 2. The fourth-order valence-corrected chi connectivity index (χ4v) is 3.23. The quantitative estimate of drug-likeness (QED) is 0.787. The van der Waals surface area contributed by atoms with E-state index < -0.39 is 11.6 Å². The second-order valence-electron chi connectivity index (χ2n) is 7.34. The number of rotatable bonds is 7. The molecule has 0 aliphatic carbocycles. The van der Waals surface area contributed by atoms with Crippen molar-refractivity contribution >= 4 is 6.03 Å². The number of benzene rings is 1. The number of carbonyl (C=O) groups is 1. The van der Waals surface area contributed by atoms with E-state index in [1.165, 1.54) is 12.1 Å². The van der Waals surface area contributed by atoms with Gasteiger partial charge in [-0.05, 0) is 44.4 Å². The molecular formula is C20H26F2N4O2. The molecule has 6 nitrogen and oxygen atoms in total. The Morgan fingerprint density at radius 2 is 2.21 bits per heavy atom. The van der Waals surface area contributed by atoms with Crippen LogP contribution in [0.1, 0.15) is 38.1 Å². The number of aromatic nitrogens is 2. The van der Waals surface area contributed by atoms with Crippen LogP contribution >= 0.6 is 0 Å². The summed E-state index contributed by atoms with van der Waals surface area (Å²) in [5, 5.41) is 2.92. The van der Waals surface area contributed by atoms with Crippen LogP contribution in [-0.4, -0.2) is 45.8 Å². The molecule has 0 bridgehead atoms. The molecule has 2 heterocycles. The molecule has 1 saturated heterocycles. The van der Waals surface area contributed by atoms with E-state index in [9.17, 15) is 13.6 Å². The summed E-state index contributed by atoms with van der Waals surface area (Å²) in [6, 6.07) is 3.67. The Labute approximate surface area is 163 Å². The summed E-state index contributed by atoms with van der Waals surface area (Å²) in [4.78, 5) is 18.7. The van der Waals surface area contributed by atoms with Crippen molar-refractivity contribution in [1.82, 2.24) is 19.8 Å². The zero-order valence-corrected chi connectivity index (χ0v) is 16.2. The van der Waals surface area contributed by atoms with Gasteiger partial charge in [0.15, 0.2) is 11.6 Å². The highest BCUT2D eigenvalue weighted by atomic mass is 19.2. The van der Waals surface area contributed by atoms with Crippen LogP contribution in [0.5, 0.6) is 0 Å². The van der Waals surface area contributed by atoms with Crippen LogP contribution in [-0.2, 0) is 17.8 Å². The van der Waals surface area contributed by atoms with E-state index in [4.69, 9.17) is 4.74 Å². The molecule has 28 heavy (non-hydrogen) atoms. The van der Waals surface area contributed by atoms with Crippen molar-refractivity contribution in [3.8, 4) is 0 Å². The third kappa shape index (κ3) is 5.28. The number of nitrogens with one attached hydrogen (secondary N) is 1. The maximum Gasteiger partial charge on any atom is 0.318 e. The van der Waals surface area contributed by atoms with Gasteiger partial charge in [0.25, 0.3) is 0 Å². The van der Waals surface area contributed by atoms with Gasteiger partial charge in [-0.25, -0.2) is 18.6 Å². The average molecular weight is 392 g/mol. The second-order valence-corrected chi connectivity index (χ2v) is 7.34. The number of hydrogen-bond donors (Lipinski definition) is 1. The molecule has 8 heteroatoms. The van der Waals surface area contributed by atoms with E-state index in [1.807, 2.05) is 18.4 Å². The summed E-state index contributed by atoms with van der Waals surface area (Å²) in [6.07, 6.45) is 5.35. The molecule has 1 aliphatic rings. The average Bonchev–Trinajstić information content (AvgIpc) is 3.29. The van der Waals surface area contributed by atoms with Crippen LogP contribution in [0.15, 0.2) is 30.6 Å². The Morgan fingerprint density at radius 1 is 1.39 bits per heavy atom. The molecule has 2 amide bonds. The van der Waals surface area contributed by atoms with Gasteiger partial charge in [0.2, 0.25) is 0 Å². The molecule has 0 radical (unpaired) electrons. The van der Waals surface area contributed by atoms with Crippen LogP contribution in [0.4, 0.5) is 13.6 Å². The highest BCUT2D eigenvalue weighted by Crippen LogP contribution is 2.16. The van der Waals surface area contributed by atoms with Crippen molar-refractivity contribution in [2.24, 2.45) is 0 Å². The van der Waals surface area contributed by atoms with Gasteiger partial charge in [0.1, 0.15) is 5.82 Å². The van der Waals surface area contributed by atoms with Crippen molar-refractivity contribution < 1.29 is 18.3 Å². The lowest BCUT2D eigenvalue weighted by Crippen LogP contribution is -2.46. The van der Waals surface area contributed by atoms with Crippen molar-refractivity contribution in [2.45, 2.75) is 51.9 Å². The van der Waals surface area contributed by atoms with E-state index in [2.05, 4.69) is 10.3 Å². The summed E-state index contributed by atoms with van der Waals surface area (Å²) < 4.78 is 34.2. The monoisotopic (exact) mass is 392 g/mol. The lowest BCUT2D eigenvalue weighted by atomic mass is 10.2. The van der Waals surface area contributed by atoms with E-state index in [-0.39, 0.29) is 18.2 Å². The summed E-state index contributed by atoms with van der Waals surface area (Å²) in [6.45, 7) is 5.66. The first kappa shape index (κ1) is 20.3. The van der Waals surface area contributed by atoms with Gasteiger partial charge in [-0.1, -0.05) is 6.07 Å². The smallest absolute Gasteiger partial charge is 0.318 e. The lowest BCUT2D eigenvalue weighted by molar-refractivity contribution is 0.0782. The van der Waals surface area contributed by atoms with Gasteiger partial charge in [0.05, 0.1) is 12.6 Å². The maximum atomic E-state index is 13.5. The highest BCUT2D eigenvalue weighted by molar-refractivity contribution is 5.74. The van der Waals surface area contributed by atoms with Crippen LogP contribution < -0.4 is 5.32 Å². The molecule has 1 aromatic heterocycles. The van der Waals surface area contributed by atoms with Crippen LogP contribution in [0, 0.1) is 11.6 Å². The molecule has 1 atom stereocenters. The van der Waals surface area contributed by atoms with Crippen molar-refractivity contribution in [3.63, 3.8) is 0 Å². The van der Waals surface area contributed by atoms with E-state index >= 15 is 0 Å². The number of amides is 2. The first-order chi connectivity index (χ1) is 13.4. The molecular weight excluding hydrogens is 366 g/mol. The fraction of sp³-hybridized carbons (Fsp3) is 0.500. The molecule has 0 spiro atoms. The van der Waals surface area contributed by atoms with E-state index in [0.29, 0.717) is 31.0 Å². The summed E-state index contributed by atoms with van der Waals surface area (Å²) in [7, 11) is 0. The van der Waals surface area contributed by atoms with Crippen LogP contribution in [0.3, 0.4) is 0 Å². The normalized spacial score (nSPS) is 16.5. The summed E-state index contributed by atoms with van der Waals surface area (Å²) >= 11 is 0. The number of carbonyl (C=O) groups excluding carboxylic acids is 1. The van der Waals surface area contributed by atoms with Gasteiger partial charge in [-0.15, -0.1) is 0 Å². The molecule has 1 unspecified atom stereocenters. The first-order valence-corrected chi connectivity index (χ1v) is 9.53. The minimum absolute atomic E-state index is 0.0152. The Bertz CT molecular complexity index is 803. The Kier molecular flexibility index (Phi) is 6.61. The lowest BCUT2D eigenvalue weighted by Gasteiger charge is -2.26. The number of imidazole rings is 1. The number of nitrogens with zero attached hydrogens (tertiary/aromatic N) is 3. The predicted molar refractivity (Wildman–Crippen MR) is 101 cm³/mol. The maximum absolute atomic E-state index is 13.5. The zero-order chi connectivity index (χ0) is 20.1. The van der Waals surface area contributed by atoms with Crippen LogP contribution in [0.2, 0.25) is 0 Å². The standard InChI is InChI=1S/C20H26F2N4O2/c1-14(2)24-20(27)26(12-16-4-3-9-28-16)13-19-23-7-8-25(19)11-15-5-6-17(21)18(22)10-15/h5-8,10,14,16H,3-4,9,11-13H2,1-2H3,(H,24,27). The molecule has 152 valence electrons. The van der Waals surface area contributed by atoms with Crippen molar-refractivity contribution in [1.29, 1.82) is 0 Å². The van der Waals surface area contributed by atoms with Gasteiger partial charge in [-0.2, -0.15) is 0 Å². The van der Waals surface area contributed by atoms with Crippen LogP contribution in [0.25, 0.3) is 0 Å². The predicted octanol–water partition coefficient (Wildman–Crippen LogP) is 3.31. The van der Waals surface area contributed by atoms with Crippen molar-refractivity contribution in [3.05, 3.63) is 53.6 Å². The molecule has 1 aromatic carbocycles. The van der Waals surface area contributed by atoms with E-state index in [0.717, 1.165) is 25.5 Å². The largest absolute Gasteiger partial charge is 0.376 e. The van der Waals surface area contributed by atoms with Crippen molar-refractivity contribution in [2.75, 3.05) is 13.2 Å². The summed E-state index contributed by atoms with van der Waals surface area (Å²) in [5.74, 6) is -1.08. The van der Waals surface area contributed by atoms with Gasteiger partial charge in [-0.3, -0.25) is 0 Å². The van der Waals surface area contributed by atoms with Gasteiger partial charge < -0.3 is 19.5 Å². The third-order valence-corrected chi connectivity index (χ3v) is 4.62. The molecule has 0 saturated carbocycles. The summed E-state index contributed by atoms with van der Waals surface area (Å²) in [5.41, 5.74) is 0.621. The highest BCUT2D eigenvalue weighted by Gasteiger charge is 2.24. The molecule has 1 aliphatic heterocycles. The second kappa shape index (κ2) is 9.14. The SMILES string of the molecule is CC(C)NC(=O)N(Cc1nccn1Cc1ccc(F)c(F)c1)CC1CCCO1. The first-order valence-electron chi connectivity index (χ1n) is 9.53. The fourth-order valence-electron chi connectivity index (χ4n) is 3.23. The number of hydrogen-bond acceptors (Lipinski definition) is 3. The molecule has 1 fully saturated rings. The molecule has 1 N–H and O–H groups in total. The molecule has 2 aromatic rings. The third-order valence-electron chi connectivity index (χ3n) is 4.62. The minimum atomic E-state index is -0.879. The van der Waals surface area contributed by atoms with Gasteiger partial charge >= 0.3 is 6.03 Å². The van der Waals surface area contributed by atoms with E-state index in [1.54, 1.807) is 17.3 Å². The zero-order valence-electron chi connectivity index (χ0n) is 16.2. The minimum Gasteiger partial charge on any atom is -0.376 e. The molecule has 3 rings (SSSR count). The Morgan fingerprint density at radius 3 is 2.89 bits per heavy atom. The number of ether oxygens (including phenoxy) is 1. The Balaban J connectivity index is 1.73. The number of urea groups is 1. The Hall–Kier alpha value is -2.48. The van der Waals surface area contributed by atoms with Gasteiger partial charge in [0, 0.05) is 38.1 Å².